The van der Waals surface area contributed by atoms with Gasteiger partial charge < -0.3 is 15.1 Å². The van der Waals surface area contributed by atoms with Crippen molar-refractivity contribution in [3.63, 3.8) is 0 Å². The lowest BCUT2D eigenvalue weighted by Gasteiger charge is -2.33. The van der Waals surface area contributed by atoms with Gasteiger partial charge in [-0.2, -0.15) is 24.4 Å². The largest absolute Gasteiger partial charge is 0.341 e. The lowest BCUT2D eigenvalue weighted by molar-refractivity contribution is 0.385. The Morgan fingerprint density at radius 3 is 2.20 bits per heavy atom. The zero-order chi connectivity index (χ0) is 20.7. The molecule has 0 unspecified atom stereocenters. The minimum atomic E-state index is -3.18. The van der Waals surface area contributed by atoms with Crippen LogP contribution in [0.3, 0.4) is 0 Å². The van der Waals surface area contributed by atoms with Crippen molar-refractivity contribution in [2.75, 3.05) is 60.6 Å². The molecule has 3 aliphatic rings. The van der Waals surface area contributed by atoms with Gasteiger partial charge in [0.25, 0.3) is 0 Å². The van der Waals surface area contributed by atoms with Gasteiger partial charge >= 0.3 is 0 Å². The summed E-state index contributed by atoms with van der Waals surface area (Å²) in [7, 11) is -3.18. The number of nitrogens with one attached hydrogen (secondary N) is 2. The third-order valence-corrected chi connectivity index (χ3v) is 7.15. The van der Waals surface area contributed by atoms with Crippen LogP contribution in [0.25, 0.3) is 0 Å². The van der Waals surface area contributed by atoms with Crippen molar-refractivity contribution in [1.82, 2.24) is 29.5 Å². The average molecular weight is 434 g/mol. The Kier molecular flexibility index (Phi) is 4.97. The van der Waals surface area contributed by atoms with Crippen LogP contribution >= 0.6 is 0 Å². The summed E-state index contributed by atoms with van der Waals surface area (Å²) in [6.45, 7) is 3.80. The molecule has 0 bridgehead atoms. The molecular formula is C18H27N9O2S. The number of rotatable bonds is 6. The van der Waals surface area contributed by atoms with Crippen LogP contribution < -0.4 is 15.1 Å². The summed E-state index contributed by atoms with van der Waals surface area (Å²) in [4.78, 5) is 18.2. The van der Waals surface area contributed by atoms with E-state index in [0.29, 0.717) is 55.8 Å². The maximum absolute atomic E-state index is 11.8. The fraction of sp³-hybridized carbons (Fsp3) is 0.667. The van der Waals surface area contributed by atoms with Crippen molar-refractivity contribution >= 4 is 33.7 Å². The number of hydrogen-bond donors (Lipinski definition) is 2. The molecule has 0 amide bonds. The molecule has 12 heteroatoms. The number of H-pyrrole nitrogens is 1. The Labute approximate surface area is 175 Å². The van der Waals surface area contributed by atoms with E-state index in [1.54, 1.807) is 0 Å². The van der Waals surface area contributed by atoms with Gasteiger partial charge in [-0.15, -0.1) is 0 Å². The van der Waals surface area contributed by atoms with Gasteiger partial charge in [0.1, 0.15) is 0 Å². The Balaban J connectivity index is 1.38. The molecule has 3 fully saturated rings. The van der Waals surface area contributed by atoms with Crippen LogP contribution in [0.2, 0.25) is 0 Å². The molecule has 2 saturated heterocycles. The molecule has 1 saturated carbocycles. The highest BCUT2D eigenvalue weighted by Crippen LogP contribution is 2.39. The van der Waals surface area contributed by atoms with Crippen LogP contribution in [0.1, 0.15) is 37.3 Å². The van der Waals surface area contributed by atoms with Gasteiger partial charge in [0.2, 0.25) is 27.9 Å². The second-order valence-electron chi connectivity index (χ2n) is 8.21. The fourth-order valence-electron chi connectivity index (χ4n) is 3.95. The Hall–Kier alpha value is -2.47. The molecular weight excluding hydrogens is 406 g/mol. The molecule has 2 aromatic heterocycles. The summed E-state index contributed by atoms with van der Waals surface area (Å²) < 4.78 is 25.1. The van der Waals surface area contributed by atoms with Gasteiger partial charge in [0, 0.05) is 56.9 Å². The average Bonchev–Trinajstić information content (AvgIpc) is 3.23. The number of anilines is 4. The standard InChI is InChI=1S/C18H27N9O2S/c1-30(28,29)27-10-8-26(9-11-27)18-21-16(20-17(22-18)25-6-2-3-7-25)19-15-12-14(23-24-15)13-4-5-13/h12-13H,2-11H2,1H3,(H2,19,20,21,22,23,24). The zero-order valence-electron chi connectivity index (χ0n) is 17.1. The van der Waals surface area contributed by atoms with Crippen LogP contribution in [0.15, 0.2) is 6.07 Å². The number of sulfonamides is 1. The van der Waals surface area contributed by atoms with Crippen LogP contribution in [0.4, 0.5) is 23.7 Å². The van der Waals surface area contributed by atoms with Crippen LogP contribution in [-0.2, 0) is 10.0 Å². The van der Waals surface area contributed by atoms with E-state index in [-0.39, 0.29) is 0 Å². The monoisotopic (exact) mass is 433 g/mol. The van der Waals surface area contributed by atoms with E-state index in [9.17, 15) is 8.42 Å². The summed E-state index contributed by atoms with van der Waals surface area (Å²) in [5, 5.41) is 10.6. The van der Waals surface area contributed by atoms with E-state index in [4.69, 9.17) is 4.98 Å². The molecule has 0 aromatic carbocycles. The van der Waals surface area contributed by atoms with Crippen molar-refractivity contribution in [2.45, 2.75) is 31.6 Å². The Bertz CT molecular complexity index is 1010. The molecule has 0 radical (unpaired) electrons. The van der Waals surface area contributed by atoms with Crippen molar-refractivity contribution < 1.29 is 8.42 Å². The number of piperazine rings is 1. The zero-order valence-corrected chi connectivity index (χ0v) is 17.9. The predicted molar refractivity (Wildman–Crippen MR) is 114 cm³/mol. The van der Waals surface area contributed by atoms with Crippen molar-refractivity contribution in [2.24, 2.45) is 0 Å². The predicted octanol–water partition coefficient (Wildman–Crippen LogP) is 0.897. The molecule has 5 rings (SSSR count). The second kappa shape index (κ2) is 7.65. The SMILES string of the molecule is CS(=O)(=O)N1CCN(c2nc(Nc3cc(C4CC4)[nH]n3)nc(N3CCCC3)n2)CC1. The summed E-state index contributed by atoms with van der Waals surface area (Å²) in [5.41, 5.74) is 1.14. The second-order valence-corrected chi connectivity index (χ2v) is 10.2. The van der Waals surface area contributed by atoms with Crippen molar-refractivity contribution in [3.05, 3.63) is 11.8 Å². The molecule has 30 heavy (non-hydrogen) atoms. The summed E-state index contributed by atoms with van der Waals surface area (Å²) in [6, 6.07) is 2.02. The molecule has 0 spiro atoms. The lowest BCUT2D eigenvalue weighted by Crippen LogP contribution is -2.49. The van der Waals surface area contributed by atoms with Gasteiger partial charge in [-0.25, -0.2) is 8.42 Å². The first-order valence-corrected chi connectivity index (χ1v) is 12.3. The minimum absolute atomic E-state index is 0.427. The van der Waals surface area contributed by atoms with Crippen molar-refractivity contribution in [1.29, 1.82) is 0 Å². The third-order valence-electron chi connectivity index (χ3n) is 5.85. The van der Waals surface area contributed by atoms with E-state index >= 15 is 0 Å². The smallest absolute Gasteiger partial charge is 0.235 e. The van der Waals surface area contributed by atoms with E-state index in [2.05, 4.69) is 30.4 Å². The highest BCUT2D eigenvalue weighted by atomic mass is 32.2. The lowest BCUT2D eigenvalue weighted by atomic mass is 10.3. The summed E-state index contributed by atoms with van der Waals surface area (Å²) in [5.74, 6) is 2.97. The van der Waals surface area contributed by atoms with Gasteiger partial charge in [-0.05, 0) is 25.7 Å². The Morgan fingerprint density at radius 1 is 0.967 bits per heavy atom. The molecule has 162 valence electrons. The van der Waals surface area contributed by atoms with E-state index in [1.165, 1.54) is 23.4 Å². The molecule has 2 N–H and O–H groups in total. The van der Waals surface area contributed by atoms with Gasteiger partial charge in [0.05, 0.1) is 6.26 Å². The molecule has 11 nitrogen and oxygen atoms in total. The molecule has 2 aromatic rings. The van der Waals surface area contributed by atoms with E-state index in [0.717, 1.165) is 31.6 Å². The topological polar surface area (TPSA) is 123 Å². The summed E-state index contributed by atoms with van der Waals surface area (Å²) in [6.07, 6.45) is 5.91. The first-order chi connectivity index (χ1) is 14.5. The summed E-state index contributed by atoms with van der Waals surface area (Å²) >= 11 is 0. The number of hydrogen-bond acceptors (Lipinski definition) is 9. The molecule has 2 aliphatic heterocycles. The first kappa shape index (κ1) is 19.5. The number of aromatic nitrogens is 5. The molecule has 0 atom stereocenters. The fourth-order valence-corrected chi connectivity index (χ4v) is 4.77. The quantitative estimate of drug-likeness (QED) is 0.684. The Morgan fingerprint density at radius 2 is 1.60 bits per heavy atom. The molecule has 1 aliphatic carbocycles. The van der Waals surface area contributed by atoms with Crippen LogP contribution in [-0.4, -0.2) is 83.4 Å². The van der Waals surface area contributed by atoms with Gasteiger partial charge in [0.15, 0.2) is 5.82 Å². The minimum Gasteiger partial charge on any atom is -0.341 e. The third kappa shape index (κ3) is 4.19. The van der Waals surface area contributed by atoms with E-state index in [1.807, 2.05) is 11.0 Å². The van der Waals surface area contributed by atoms with E-state index < -0.39 is 10.0 Å². The van der Waals surface area contributed by atoms with Crippen LogP contribution in [0.5, 0.6) is 0 Å². The van der Waals surface area contributed by atoms with Gasteiger partial charge in [-0.3, -0.25) is 5.10 Å². The van der Waals surface area contributed by atoms with Gasteiger partial charge in [-0.1, -0.05) is 0 Å². The highest BCUT2D eigenvalue weighted by molar-refractivity contribution is 7.88. The number of aromatic amines is 1. The van der Waals surface area contributed by atoms with Crippen molar-refractivity contribution in [3.8, 4) is 0 Å². The highest BCUT2D eigenvalue weighted by Gasteiger charge is 2.28. The number of nitrogens with zero attached hydrogens (tertiary/aromatic N) is 7. The maximum Gasteiger partial charge on any atom is 0.235 e. The normalized spacial score (nSPS) is 20.7. The first-order valence-electron chi connectivity index (χ1n) is 10.5. The maximum atomic E-state index is 11.8. The van der Waals surface area contributed by atoms with Crippen LogP contribution in [0, 0.1) is 0 Å². The molecule has 4 heterocycles.